The van der Waals surface area contributed by atoms with Crippen molar-refractivity contribution in [1.82, 2.24) is 9.55 Å². The van der Waals surface area contributed by atoms with Crippen molar-refractivity contribution in [3.63, 3.8) is 0 Å². The highest BCUT2D eigenvalue weighted by Gasteiger charge is 2.14. The molecule has 5 nitrogen and oxygen atoms in total. The molecule has 6 heteroatoms. The van der Waals surface area contributed by atoms with Crippen molar-refractivity contribution in [2.45, 2.75) is 26.3 Å². The number of amides is 1. The molecule has 0 saturated heterocycles. The quantitative estimate of drug-likeness (QED) is 0.295. The maximum atomic E-state index is 13.6. The summed E-state index contributed by atoms with van der Waals surface area (Å²) in [6.45, 7) is 2.52. The molecule has 0 aliphatic rings. The first kappa shape index (κ1) is 22.7. The molecule has 0 spiro atoms. The molecule has 0 radical (unpaired) electrons. The smallest absolute Gasteiger partial charge is 0.265 e. The molecule has 0 fully saturated rings. The van der Waals surface area contributed by atoms with Gasteiger partial charge in [0.05, 0.1) is 22.3 Å². The lowest BCUT2D eigenvalue weighted by Gasteiger charge is -2.14. The Hall–Kier alpha value is -4.03. The number of aryl methyl sites for hydroxylation is 1. The maximum Gasteiger partial charge on any atom is 0.265 e. The molecule has 0 saturated carbocycles. The summed E-state index contributed by atoms with van der Waals surface area (Å²) in [6, 6.07) is 27.5. The lowest BCUT2D eigenvalue weighted by atomic mass is 10.0. The number of carbonyl (C=O) groups is 1. The number of fused-ring (bicyclic) bond motifs is 1. The van der Waals surface area contributed by atoms with E-state index in [4.69, 9.17) is 4.98 Å². The van der Waals surface area contributed by atoms with E-state index in [0.717, 1.165) is 28.9 Å². The molecule has 174 valence electrons. The summed E-state index contributed by atoms with van der Waals surface area (Å²) in [4.78, 5) is 31.5. The van der Waals surface area contributed by atoms with E-state index in [9.17, 15) is 9.59 Å². The third-order valence-corrected chi connectivity index (χ3v) is 6.78. The van der Waals surface area contributed by atoms with Crippen molar-refractivity contribution in [1.29, 1.82) is 0 Å². The molecule has 0 aliphatic heterocycles. The summed E-state index contributed by atoms with van der Waals surface area (Å²) in [6.07, 6.45) is 1.60. The standard InChI is InChI=1S/C29H25N3O2S/c1-2-7-27-31-25-16-15-23(30-28(33)26-10-6-17-35-26)18-24(25)29(34)32(27)19-20-11-13-22(14-12-20)21-8-4-3-5-9-21/h3-6,8-18H,2,7,19H2,1H3,(H,30,33). The fraction of sp³-hybridized carbons (Fsp3) is 0.138. The number of carbonyl (C=O) groups excluding carboxylic acids is 1. The van der Waals surface area contributed by atoms with Crippen LogP contribution in [0, 0.1) is 0 Å². The average Bonchev–Trinajstić information content (AvgIpc) is 3.43. The van der Waals surface area contributed by atoms with Gasteiger partial charge in [-0.25, -0.2) is 4.98 Å². The second kappa shape index (κ2) is 10.1. The molecule has 2 heterocycles. The Labute approximate surface area is 207 Å². The number of rotatable bonds is 7. The SMILES string of the molecule is CCCc1nc2ccc(NC(=O)c3cccs3)cc2c(=O)n1Cc1ccc(-c2ccccc2)cc1. The van der Waals surface area contributed by atoms with E-state index in [1.807, 2.05) is 29.6 Å². The van der Waals surface area contributed by atoms with Gasteiger partial charge in [0.25, 0.3) is 11.5 Å². The van der Waals surface area contributed by atoms with Crippen LogP contribution in [0.3, 0.4) is 0 Å². The van der Waals surface area contributed by atoms with Gasteiger partial charge in [-0.15, -0.1) is 11.3 Å². The van der Waals surface area contributed by atoms with Gasteiger partial charge >= 0.3 is 0 Å². The first-order chi connectivity index (χ1) is 17.1. The number of nitrogens with one attached hydrogen (secondary N) is 1. The summed E-state index contributed by atoms with van der Waals surface area (Å²) in [7, 11) is 0. The molecule has 0 aliphatic carbocycles. The van der Waals surface area contributed by atoms with E-state index in [-0.39, 0.29) is 11.5 Å². The number of thiophene rings is 1. The van der Waals surface area contributed by atoms with E-state index in [1.165, 1.54) is 11.3 Å². The highest BCUT2D eigenvalue weighted by atomic mass is 32.1. The fourth-order valence-electron chi connectivity index (χ4n) is 4.14. The average molecular weight is 480 g/mol. The summed E-state index contributed by atoms with van der Waals surface area (Å²) >= 11 is 1.38. The molecule has 1 N–H and O–H groups in total. The number of hydrogen-bond donors (Lipinski definition) is 1. The molecule has 1 amide bonds. The van der Waals surface area contributed by atoms with Crippen LogP contribution in [0.1, 0.15) is 34.4 Å². The van der Waals surface area contributed by atoms with Crippen LogP contribution < -0.4 is 10.9 Å². The Balaban J connectivity index is 1.48. The van der Waals surface area contributed by atoms with Gasteiger partial charge in [-0.05, 0) is 52.8 Å². The van der Waals surface area contributed by atoms with Crippen molar-refractivity contribution < 1.29 is 4.79 Å². The Bertz CT molecular complexity index is 1520. The number of hydrogen-bond acceptors (Lipinski definition) is 4. The second-order valence-electron chi connectivity index (χ2n) is 8.40. The van der Waals surface area contributed by atoms with Crippen LogP contribution in [0.4, 0.5) is 5.69 Å². The van der Waals surface area contributed by atoms with Gasteiger partial charge < -0.3 is 5.32 Å². The van der Waals surface area contributed by atoms with Crippen LogP contribution >= 0.6 is 11.3 Å². The molecular formula is C29H25N3O2S. The van der Waals surface area contributed by atoms with Gasteiger partial charge in [0.15, 0.2) is 0 Å². The van der Waals surface area contributed by atoms with Gasteiger partial charge in [0.1, 0.15) is 5.82 Å². The largest absolute Gasteiger partial charge is 0.321 e. The molecule has 0 bridgehead atoms. The molecule has 0 atom stereocenters. The monoisotopic (exact) mass is 479 g/mol. The molecule has 5 aromatic rings. The summed E-state index contributed by atoms with van der Waals surface area (Å²) in [5, 5.41) is 5.25. The maximum absolute atomic E-state index is 13.6. The number of anilines is 1. The lowest BCUT2D eigenvalue weighted by Crippen LogP contribution is -2.26. The molecule has 5 rings (SSSR count). The van der Waals surface area contributed by atoms with Crippen molar-refractivity contribution in [2.24, 2.45) is 0 Å². The van der Waals surface area contributed by atoms with Crippen molar-refractivity contribution in [2.75, 3.05) is 5.32 Å². The first-order valence-electron chi connectivity index (χ1n) is 11.6. The minimum Gasteiger partial charge on any atom is -0.321 e. The van der Waals surface area contributed by atoms with Crippen LogP contribution in [-0.4, -0.2) is 15.5 Å². The minimum absolute atomic E-state index is 0.0993. The van der Waals surface area contributed by atoms with E-state index in [1.54, 1.807) is 28.8 Å². The van der Waals surface area contributed by atoms with Gasteiger partial charge in [0, 0.05) is 12.1 Å². The van der Waals surface area contributed by atoms with Crippen molar-refractivity contribution in [3.05, 3.63) is 117 Å². The highest BCUT2D eigenvalue weighted by molar-refractivity contribution is 7.12. The highest BCUT2D eigenvalue weighted by Crippen LogP contribution is 2.21. The molecule has 3 aromatic carbocycles. The second-order valence-corrected chi connectivity index (χ2v) is 9.34. The molecular weight excluding hydrogens is 454 g/mol. The zero-order valence-corrected chi connectivity index (χ0v) is 20.2. The summed E-state index contributed by atoms with van der Waals surface area (Å²) in [5.74, 6) is 0.584. The van der Waals surface area contributed by atoms with Crippen LogP contribution in [-0.2, 0) is 13.0 Å². The Morgan fingerprint density at radius 1 is 0.943 bits per heavy atom. The van der Waals surface area contributed by atoms with Crippen molar-refractivity contribution in [3.8, 4) is 11.1 Å². The Kier molecular flexibility index (Phi) is 6.55. The molecule has 35 heavy (non-hydrogen) atoms. The van der Waals surface area contributed by atoms with Crippen molar-refractivity contribution >= 4 is 33.8 Å². The number of nitrogens with zero attached hydrogens (tertiary/aromatic N) is 2. The van der Waals surface area contributed by atoms with E-state index in [2.05, 4.69) is 48.6 Å². The minimum atomic E-state index is -0.186. The Morgan fingerprint density at radius 3 is 2.43 bits per heavy atom. The topological polar surface area (TPSA) is 64.0 Å². The molecule has 0 unspecified atom stereocenters. The molecule has 2 aromatic heterocycles. The summed E-state index contributed by atoms with van der Waals surface area (Å²) in [5.41, 5.74) is 4.45. The van der Waals surface area contributed by atoms with Gasteiger partial charge in [-0.3, -0.25) is 14.2 Å². The van der Waals surface area contributed by atoms with Crippen LogP contribution in [0.15, 0.2) is 95.1 Å². The zero-order chi connectivity index (χ0) is 24.2. The lowest BCUT2D eigenvalue weighted by molar-refractivity contribution is 0.103. The number of benzene rings is 3. The third-order valence-electron chi connectivity index (χ3n) is 5.91. The third kappa shape index (κ3) is 4.93. The van der Waals surface area contributed by atoms with Crippen LogP contribution in [0.25, 0.3) is 22.0 Å². The summed E-state index contributed by atoms with van der Waals surface area (Å²) < 4.78 is 1.76. The van der Waals surface area contributed by atoms with Gasteiger partial charge in [0.2, 0.25) is 0 Å². The Morgan fingerprint density at radius 2 is 1.71 bits per heavy atom. The van der Waals surface area contributed by atoms with E-state index in [0.29, 0.717) is 34.4 Å². The zero-order valence-electron chi connectivity index (χ0n) is 19.4. The van der Waals surface area contributed by atoms with Crippen LogP contribution in [0.2, 0.25) is 0 Å². The normalized spacial score (nSPS) is 11.0. The van der Waals surface area contributed by atoms with E-state index >= 15 is 0 Å². The number of aromatic nitrogens is 2. The fourth-order valence-corrected chi connectivity index (χ4v) is 4.76. The predicted molar refractivity (Wildman–Crippen MR) is 143 cm³/mol. The van der Waals surface area contributed by atoms with E-state index < -0.39 is 0 Å². The predicted octanol–water partition coefficient (Wildman–Crippen LogP) is 6.38. The van der Waals surface area contributed by atoms with Gasteiger partial charge in [-0.2, -0.15) is 0 Å². The van der Waals surface area contributed by atoms with Crippen LogP contribution in [0.5, 0.6) is 0 Å². The van der Waals surface area contributed by atoms with Gasteiger partial charge in [-0.1, -0.05) is 67.6 Å². The first-order valence-corrected chi connectivity index (χ1v) is 12.5.